The molecule has 0 atom stereocenters. The van der Waals surface area contributed by atoms with Gasteiger partial charge in [0, 0.05) is 70.7 Å². The third kappa shape index (κ3) is 10.8. The lowest BCUT2D eigenvalue weighted by atomic mass is 9.95. The molecular formula is C116H66N8O2. The topological polar surface area (TPSA) is 113 Å². The van der Waals surface area contributed by atoms with Crippen molar-refractivity contribution in [3.05, 3.63) is 400 Å². The second-order valence-corrected chi connectivity index (χ2v) is 33.1. The van der Waals surface area contributed by atoms with Gasteiger partial charge in [-0.1, -0.05) is 297 Å². The molecule has 0 amide bonds. The molecule has 0 radical (unpaired) electrons. The predicted molar refractivity (Wildman–Crippen MR) is 520 cm³/mol. The highest BCUT2D eigenvalue weighted by Gasteiger charge is 2.30. The molecule has 582 valence electrons. The van der Waals surface area contributed by atoms with Gasteiger partial charge in [0.1, 0.15) is 22.3 Å². The summed E-state index contributed by atoms with van der Waals surface area (Å²) in [4.78, 5) is 34.5. The largest absolute Gasteiger partial charge is 0.455 e. The lowest BCUT2D eigenvalue weighted by Crippen LogP contribution is -2.04. The Labute approximate surface area is 719 Å². The zero-order chi connectivity index (χ0) is 82.3. The van der Waals surface area contributed by atoms with E-state index in [9.17, 15) is 0 Å². The number of fused-ring (bicyclic) bond motifs is 23. The van der Waals surface area contributed by atoms with Crippen molar-refractivity contribution >= 4 is 174 Å². The smallest absolute Gasteiger partial charge is 0.170 e. The number of hydrogen-bond acceptors (Lipinski definition) is 8. The van der Waals surface area contributed by atoms with Gasteiger partial charge in [0.2, 0.25) is 0 Å². The summed E-state index contributed by atoms with van der Waals surface area (Å²) in [6.07, 6.45) is 0. The second-order valence-electron chi connectivity index (χ2n) is 33.1. The highest BCUT2D eigenvalue weighted by atomic mass is 16.3. The Hall–Kier alpha value is -17.1. The van der Waals surface area contributed by atoms with Crippen LogP contribution in [0.2, 0.25) is 0 Å². The lowest BCUT2D eigenvalue weighted by Gasteiger charge is -2.16. The van der Waals surface area contributed by atoms with Crippen molar-refractivity contribution in [3.8, 4) is 102 Å². The van der Waals surface area contributed by atoms with Crippen LogP contribution in [0.4, 0.5) is 0 Å². The summed E-state index contributed by atoms with van der Waals surface area (Å²) in [5.41, 5.74) is 17.3. The molecule has 0 aliphatic carbocycles. The first-order valence-electron chi connectivity index (χ1n) is 42.7. The highest BCUT2D eigenvalue weighted by Crippen LogP contribution is 2.50. The molecule has 10 nitrogen and oxygen atoms in total. The molecule has 0 spiro atoms. The molecule has 0 unspecified atom stereocenters. The van der Waals surface area contributed by atoms with Gasteiger partial charge in [-0.15, -0.1) is 0 Å². The van der Waals surface area contributed by atoms with Crippen molar-refractivity contribution in [2.75, 3.05) is 0 Å². The molecule has 0 aliphatic rings. The predicted octanol–water partition coefficient (Wildman–Crippen LogP) is 30.6. The Morgan fingerprint density at radius 3 is 1.25 bits per heavy atom. The molecule has 27 aromatic rings. The average molecular weight is 1600 g/mol. The minimum atomic E-state index is 0.451. The minimum Gasteiger partial charge on any atom is -0.455 e. The summed E-state index contributed by atoms with van der Waals surface area (Å²) in [7, 11) is 0. The molecule has 126 heavy (non-hydrogen) atoms. The summed E-state index contributed by atoms with van der Waals surface area (Å²) in [6, 6.07) is 143. The molecule has 0 bridgehead atoms. The van der Waals surface area contributed by atoms with E-state index in [0.717, 1.165) is 208 Å². The summed E-state index contributed by atoms with van der Waals surface area (Å²) >= 11 is 0. The van der Waals surface area contributed by atoms with Crippen LogP contribution in [0.25, 0.3) is 276 Å². The number of nitrogens with zero attached hydrogens (tertiary/aromatic N) is 8. The number of aromatic nitrogens is 8. The van der Waals surface area contributed by atoms with Crippen LogP contribution in [-0.2, 0) is 0 Å². The first kappa shape index (κ1) is 69.7. The van der Waals surface area contributed by atoms with Crippen molar-refractivity contribution in [1.29, 1.82) is 0 Å². The molecular weight excluding hydrogens is 1540 g/mol. The van der Waals surface area contributed by atoms with E-state index >= 15 is 0 Å². The number of furan rings is 2. The standard InChI is InChI=1S/C116H66N8O2/c1-2-22-67(23-3-1)80-59-81(61-82(60-80)112-118-114(95-42-21-34-69-25-9-15-37-85(69)95)122-116(120-112)107-100(57-54-93-92-52-46-72-28-12-17-39-88(72)108(92)126-110(93)107)123-98-43-19-18-40-89(98)96-62-73-29-4-6-31-75(73)64-102(96)123)77-47-51-90-91-53-56-101(124-99-55-49-71-27-11-16-38-87(71)105(99)97-63-74-30-5-7-32-76(74)65-103(97)124)106(109(91)125-104(90)66-77)115-119-111(117-113(121-115)94-41-20-33-68-24-8-14-36-84(68)94)79-48-50-86-78(58-79)45-44-70-26-10-13-35-83(70)86/h1-66H. The number of rotatable bonds is 10. The average Bonchev–Trinajstić information content (AvgIpc) is 1.55. The Kier molecular flexibility index (Phi) is 15.1. The molecule has 27 rings (SSSR count). The molecule has 6 aromatic heterocycles. The van der Waals surface area contributed by atoms with Gasteiger partial charge in [0.05, 0.1) is 44.6 Å². The van der Waals surface area contributed by atoms with Crippen molar-refractivity contribution in [2.45, 2.75) is 0 Å². The Balaban J connectivity index is 0.712. The van der Waals surface area contributed by atoms with Crippen molar-refractivity contribution < 1.29 is 8.83 Å². The third-order valence-electron chi connectivity index (χ3n) is 26.1. The number of benzene rings is 21. The number of hydrogen-bond donors (Lipinski definition) is 0. The van der Waals surface area contributed by atoms with Crippen LogP contribution in [0.5, 0.6) is 0 Å². The van der Waals surface area contributed by atoms with Gasteiger partial charge in [-0.05, 0) is 206 Å². The lowest BCUT2D eigenvalue weighted by molar-refractivity contribution is 0.669. The SMILES string of the molecule is c1ccc(-c2cc(-c3ccc4c(c3)oc3c(-c5nc(-c6ccc7c(ccc8ccccc87)c6)nc(-c6cccc7ccccc67)n5)c(-n5c6cc7ccccc7cc6c6c7ccccc7ccc65)ccc34)cc(-c3nc(-c4cccc5ccccc45)nc(-c4c(-n5c6ccccc6c6cc7ccccc7cc65)ccc5c4oc4c6ccccc6ccc54)n3)c2)cc1. The fourth-order valence-electron chi connectivity index (χ4n) is 20.2. The van der Waals surface area contributed by atoms with E-state index in [2.05, 4.69) is 410 Å². The fraction of sp³-hybridized carbons (Fsp3) is 0. The minimum absolute atomic E-state index is 0.451. The molecule has 0 saturated carbocycles. The van der Waals surface area contributed by atoms with Gasteiger partial charge in [-0.25, -0.2) is 29.9 Å². The summed E-state index contributed by atoms with van der Waals surface area (Å²) in [6.45, 7) is 0. The summed E-state index contributed by atoms with van der Waals surface area (Å²) in [5, 5.41) is 26.0. The van der Waals surface area contributed by atoms with E-state index in [-0.39, 0.29) is 0 Å². The zero-order valence-electron chi connectivity index (χ0n) is 67.5. The van der Waals surface area contributed by atoms with Crippen LogP contribution in [-0.4, -0.2) is 39.0 Å². The molecule has 10 heteroatoms. The molecule has 0 fully saturated rings. The second kappa shape index (κ2) is 27.2. The van der Waals surface area contributed by atoms with Gasteiger partial charge in [0.15, 0.2) is 34.9 Å². The van der Waals surface area contributed by atoms with Gasteiger partial charge < -0.3 is 18.0 Å². The molecule has 21 aromatic carbocycles. The van der Waals surface area contributed by atoms with Gasteiger partial charge in [0.25, 0.3) is 0 Å². The van der Waals surface area contributed by atoms with Crippen molar-refractivity contribution in [3.63, 3.8) is 0 Å². The van der Waals surface area contributed by atoms with Gasteiger partial charge in [-0.3, -0.25) is 0 Å². The molecule has 0 N–H and O–H groups in total. The fourth-order valence-corrected chi connectivity index (χ4v) is 20.2. The van der Waals surface area contributed by atoms with E-state index < -0.39 is 0 Å². The maximum Gasteiger partial charge on any atom is 0.170 e. The monoisotopic (exact) mass is 1600 g/mol. The van der Waals surface area contributed by atoms with E-state index in [4.69, 9.17) is 38.7 Å². The zero-order valence-corrected chi connectivity index (χ0v) is 67.5. The highest BCUT2D eigenvalue weighted by molar-refractivity contribution is 6.25. The van der Waals surface area contributed by atoms with Crippen molar-refractivity contribution in [1.82, 2.24) is 39.0 Å². The van der Waals surface area contributed by atoms with Gasteiger partial charge >= 0.3 is 0 Å². The maximum atomic E-state index is 7.80. The first-order valence-corrected chi connectivity index (χ1v) is 42.7. The number of para-hydroxylation sites is 1. The van der Waals surface area contributed by atoms with E-state index in [1.165, 1.54) is 10.8 Å². The van der Waals surface area contributed by atoms with Crippen LogP contribution in [0.15, 0.2) is 409 Å². The molecule has 0 saturated heterocycles. The van der Waals surface area contributed by atoms with Crippen LogP contribution in [0.1, 0.15) is 0 Å². The quantitative estimate of drug-likeness (QED) is 0.124. The van der Waals surface area contributed by atoms with E-state index in [1.54, 1.807) is 0 Å². The normalized spacial score (nSPS) is 12.1. The van der Waals surface area contributed by atoms with E-state index in [0.29, 0.717) is 57.3 Å². The summed E-state index contributed by atoms with van der Waals surface area (Å²) in [5.74, 6) is 2.96. The Bertz CT molecular complexity index is 9390. The third-order valence-corrected chi connectivity index (χ3v) is 26.1. The maximum absolute atomic E-state index is 7.80. The van der Waals surface area contributed by atoms with Crippen LogP contribution in [0.3, 0.4) is 0 Å². The van der Waals surface area contributed by atoms with Gasteiger partial charge in [-0.2, -0.15) is 0 Å². The van der Waals surface area contributed by atoms with Crippen LogP contribution < -0.4 is 0 Å². The van der Waals surface area contributed by atoms with Crippen molar-refractivity contribution in [2.24, 2.45) is 0 Å². The molecule has 6 heterocycles. The first-order chi connectivity index (χ1) is 62.4. The van der Waals surface area contributed by atoms with E-state index in [1.807, 2.05) is 0 Å². The molecule has 0 aliphatic heterocycles. The Morgan fingerprint density at radius 2 is 0.587 bits per heavy atom. The Morgan fingerprint density at radius 1 is 0.175 bits per heavy atom. The summed E-state index contributed by atoms with van der Waals surface area (Å²) < 4.78 is 20.1. The van der Waals surface area contributed by atoms with Crippen LogP contribution >= 0.6 is 0 Å². The van der Waals surface area contributed by atoms with Crippen LogP contribution in [0, 0.1) is 0 Å².